The molecule has 20 heavy (non-hydrogen) atoms. The molecule has 1 unspecified atom stereocenters. The van der Waals surface area contributed by atoms with Crippen molar-refractivity contribution in [3.8, 4) is 0 Å². The topological polar surface area (TPSA) is 56.3 Å². The van der Waals surface area contributed by atoms with Gasteiger partial charge in [0.15, 0.2) is 0 Å². The van der Waals surface area contributed by atoms with Crippen LogP contribution in [0.3, 0.4) is 0 Å². The van der Waals surface area contributed by atoms with Crippen molar-refractivity contribution >= 4 is 39.0 Å². The van der Waals surface area contributed by atoms with Crippen LogP contribution in [0.2, 0.25) is 5.28 Å². The molecule has 3 rings (SSSR count). The Labute approximate surface area is 126 Å². The number of methoxy groups -OCH3 is 1. The molecule has 2 aromatic heterocycles. The van der Waals surface area contributed by atoms with E-state index in [0.29, 0.717) is 13.2 Å². The van der Waals surface area contributed by atoms with Gasteiger partial charge in [-0.05, 0) is 24.6 Å². The molecule has 7 heteroatoms. The van der Waals surface area contributed by atoms with Crippen LogP contribution >= 0.6 is 22.9 Å². The second-order valence-electron chi connectivity index (χ2n) is 4.96. The number of thiophene rings is 1. The highest BCUT2D eigenvalue weighted by Gasteiger charge is 2.35. The van der Waals surface area contributed by atoms with Crippen LogP contribution in [0, 0.1) is 6.92 Å². The van der Waals surface area contributed by atoms with Crippen molar-refractivity contribution in [2.24, 2.45) is 0 Å². The van der Waals surface area contributed by atoms with Crippen molar-refractivity contribution in [3.63, 3.8) is 0 Å². The smallest absolute Gasteiger partial charge is 0.225 e. The maximum atomic E-state index is 5.99. The molecule has 1 atom stereocenters. The van der Waals surface area contributed by atoms with Gasteiger partial charge < -0.3 is 14.8 Å². The Hall–Kier alpha value is -0.950. The number of aromatic nitrogens is 2. The fraction of sp³-hybridized carbons (Fsp3) is 0.538. The van der Waals surface area contributed by atoms with Gasteiger partial charge in [-0.3, -0.25) is 0 Å². The number of nitrogens with one attached hydrogen (secondary N) is 1. The van der Waals surface area contributed by atoms with Gasteiger partial charge in [-0.1, -0.05) is 0 Å². The number of fused-ring (bicyclic) bond motifs is 1. The van der Waals surface area contributed by atoms with Gasteiger partial charge in [0.2, 0.25) is 5.28 Å². The summed E-state index contributed by atoms with van der Waals surface area (Å²) in [4.78, 5) is 10.6. The summed E-state index contributed by atoms with van der Waals surface area (Å²) in [5, 5.41) is 4.60. The normalized spacial score (nSPS) is 22.6. The van der Waals surface area contributed by atoms with E-state index in [1.165, 1.54) is 4.88 Å². The standard InChI is InChI=1S/C13H16ClN3O2S/c1-8-5-9-10(16-12(14)17-11(9)20-8)15-6-13(18-2)3-4-19-7-13/h5H,3-4,6-7H2,1-2H3,(H,15,16,17). The van der Waals surface area contributed by atoms with E-state index in [-0.39, 0.29) is 10.9 Å². The van der Waals surface area contributed by atoms with Crippen LogP contribution in [0.5, 0.6) is 0 Å². The number of anilines is 1. The SMILES string of the molecule is COC1(CNc2nc(Cl)nc3sc(C)cc23)CCOC1. The Morgan fingerprint density at radius 3 is 3.10 bits per heavy atom. The molecule has 1 saturated heterocycles. The molecule has 108 valence electrons. The number of halogens is 1. The third kappa shape index (κ3) is 2.61. The van der Waals surface area contributed by atoms with E-state index in [1.54, 1.807) is 18.4 Å². The van der Waals surface area contributed by atoms with Gasteiger partial charge in [0.05, 0.1) is 12.0 Å². The minimum atomic E-state index is -0.283. The molecular formula is C13H16ClN3O2S. The molecule has 0 spiro atoms. The summed E-state index contributed by atoms with van der Waals surface area (Å²) in [6, 6.07) is 2.07. The molecule has 0 amide bonds. The second-order valence-corrected chi connectivity index (χ2v) is 6.53. The van der Waals surface area contributed by atoms with Gasteiger partial charge in [0.25, 0.3) is 0 Å². The zero-order chi connectivity index (χ0) is 14.2. The average molecular weight is 314 g/mol. The number of rotatable bonds is 4. The number of ether oxygens (including phenoxy) is 2. The molecule has 1 N–H and O–H groups in total. The third-order valence-electron chi connectivity index (χ3n) is 3.57. The maximum Gasteiger partial charge on any atom is 0.225 e. The molecule has 0 aliphatic carbocycles. The van der Waals surface area contributed by atoms with Gasteiger partial charge in [-0.25, -0.2) is 9.97 Å². The Bertz CT molecular complexity index is 625. The van der Waals surface area contributed by atoms with Gasteiger partial charge in [0, 0.05) is 31.6 Å². The summed E-state index contributed by atoms with van der Waals surface area (Å²) < 4.78 is 11.0. The van der Waals surface area contributed by atoms with Crippen molar-refractivity contribution in [1.29, 1.82) is 0 Å². The summed E-state index contributed by atoms with van der Waals surface area (Å²) in [5.41, 5.74) is -0.283. The van der Waals surface area contributed by atoms with Crippen LogP contribution < -0.4 is 5.32 Å². The first-order chi connectivity index (χ1) is 9.62. The Balaban J connectivity index is 1.86. The molecule has 1 aliphatic heterocycles. The lowest BCUT2D eigenvalue weighted by Crippen LogP contribution is -2.39. The van der Waals surface area contributed by atoms with E-state index in [1.807, 2.05) is 6.92 Å². The second kappa shape index (κ2) is 5.44. The molecule has 5 nitrogen and oxygen atoms in total. The predicted octanol–water partition coefficient (Wildman–Crippen LogP) is 2.87. The first kappa shape index (κ1) is 14.0. The minimum Gasteiger partial charge on any atom is -0.378 e. The van der Waals surface area contributed by atoms with Crippen molar-refractivity contribution in [3.05, 3.63) is 16.2 Å². The lowest BCUT2D eigenvalue weighted by molar-refractivity contribution is -0.00623. The van der Waals surface area contributed by atoms with Crippen LogP contribution in [0.15, 0.2) is 6.07 Å². The fourth-order valence-corrected chi connectivity index (χ4v) is 3.46. The Morgan fingerprint density at radius 2 is 2.40 bits per heavy atom. The van der Waals surface area contributed by atoms with Crippen molar-refractivity contribution < 1.29 is 9.47 Å². The Morgan fingerprint density at radius 1 is 1.55 bits per heavy atom. The van der Waals surface area contributed by atoms with E-state index in [2.05, 4.69) is 21.4 Å². The van der Waals surface area contributed by atoms with Crippen LogP contribution in [0.25, 0.3) is 10.2 Å². The lowest BCUT2D eigenvalue weighted by atomic mass is 10.0. The lowest BCUT2D eigenvalue weighted by Gasteiger charge is -2.26. The molecule has 3 heterocycles. The zero-order valence-corrected chi connectivity index (χ0v) is 13.0. The number of nitrogens with zero attached hydrogens (tertiary/aromatic N) is 2. The monoisotopic (exact) mass is 313 g/mol. The largest absolute Gasteiger partial charge is 0.378 e. The van der Waals surface area contributed by atoms with Gasteiger partial charge in [-0.15, -0.1) is 11.3 Å². The maximum absolute atomic E-state index is 5.99. The summed E-state index contributed by atoms with van der Waals surface area (Å²) in [6.45, 7) is 4.01. The van der Waals surface area contributed by atoms with E-state index >= 15 is 0 Å². The summed E-state index contributed by atoms with van der Waals surface area (Å²) >= 11 is 7.60. The van der Waals surface area contributed by atoms with Crippen LogP contribution in [-0.2, 0) is 9.47 Å². The highest BCUT2D eigenvalue weighted by molar-refractivity contribution is 7.18. The van der Waals surface area contributed by atoms with Gasteiger partial charge >= 0.3 is 0 Å². The molecule has 0 radical (unpaired) electrons. The van der Waals surface area contributed by atoms with Gasteiger partial charge in [-0.2, -0.15) is 0 Å². The zero-order valence-electron chi connectivity index (χ0n) is 11.4. The number of hydrogen-bond donors (Lipinski definition) is 1. The molecule has 0 aromatic carbocycles. The quantitative estimate of drug-likeness (QED) is 0.880. The summed E-state index contributed by atoms with van der Waals surface area (Å²) in [5.74, 6) is 0.757. The molecule has 2 aromatic rings. The van der Waals surface area contributed by atoms with Crippen molar-refractivity contribution in [2.75, 3.05) is 32.2 Å². The molecule has 1 fully saturated rings. The molecular weight excluding hydrogens is 298 g/mol. The summed E-state index contributed by atoms with van der Waals surface area (Å²) in [7, 11) is 1.72. The predicted molar refractivity (Wildman–Crippen MR) is 80.8 cm³/mol. The molecule has 0 saturated carbocycles. The molecule has 0 bridgehead atoms. The van der Waals surface area contributed by atoms with Crippen molar-refractivity contribution in [1.82, 2.24) is 9.97 Å². The highest BCUT2D eigenvalue weighted by Crippen LogP contribution is 2.30. The number of aryl methyl sites for hydroxylation is 1. The van der Waals surface area contributed by atoms with E-state index in [0.717, 1.165) is 29.1 Å². The van der Waals surface area contributed by atoms with E-state index in [9.17, 15) is 0 Å². The first-order valence-electron chi connectivity index (χ1n) is 6.42. The van der Waals surface area contributed by atoms with Crippen LogP contribution in [0.1, 0.15) is 11.3 Å². The van der Waals surface area contributed by atoms with Crippen molar-refractivity contribution in [2.45, 2.75) is 18.9 Å². The average Bonchev–Trinajstić information content (AvgIpc) is 3.02. The van der Waals surface area contributed by atoms with Gasteiger partial charge in [0.1, 0.15) is 16.2 Å². The minimum absolute atomic E-state index is 0.260. The Kier molecular flexibility index (Phi) is 3.81. The third-order valence-corrected chi connectivity index (χ3v) is 4.68. The fourth-order valence-electron chi connectivity index (χ4n) is 2.36. The van der Waals surface area contributed by atoms with E-state index in [4.69, 9.17) is 21.1 Å². The first-order valence-corrected chi connectivity index (χ1v) is 7.62. The van der Waals surface area contributed by atoms with Crippen LogP contribution in [0.4, 0.5) is 5.82 Å². The van der Waals surface area contributed by atoms with E-state index < -0.39 is 0 Å². The molecule has 1 aliphatic rings. The summed E-state index contributed by atoms with van der Waals surface area (Å²) in [6.07, 6.45) is 0.876. The van der Waals surface area contributed by atoms with Crippen LogP contribution in [-0.4, -0.2) is 42.4 Å². The highest BCUT2D eigenvalue weighted by atomic mass is 35.5. The number of hydrogen-bond acceptors (Lipinski definition) is 6.